The average molecular weight is 275 g/mol. The van der Waals surface area contributed by atoms with Gasteiger partial charge in [-0.15, -0.1) is 0 Å². The molecule has 0 atom stereocenters. The number of methoxy groups -OCH3 is 1. The highest BCUT2D eigenvalue weighted by Crippen LogP contribution is 2.33. The van der Waals surface area contributed by atoms with Crippen molar-refractivity contribution in [3.05, 3.63) is 41.1 Å². The number of ether oxygens (including phenoxy) is 1. The Balaban J connectivity index is 2.66. The van der Waals surface area contributed by atoms with Crippen molar-refractivity contribution >= 4 is 11.6 Å². The lowest BCUT2D eigenvalue weighted by molar-refractivity contribution is 0.412. The van der Waals surface area contributed by atoms with Gasteiger partial charge < -0.3 is 4.74 Å². The van der Waals surface area contributed by atoms with Gasteiger partial charge in [-0.25, -0.2) is 23.1 Å². The van der Waals surface area contributed by atoms with Gasteiger partial charge >= 0.3 is 0 Å². The molecule has 0 fully saturated rings. The van der Waals surface area contributed by atoms with Crippen LogP contribution in [0.15, 0.2) is 18.5 Å². The Kier molecular flexibility index (Phi) is 3.38. The third-order valence-corrected chi connectivity index (χ3v) is 2.49. The van der Waals surface area contributed by atoms with Crippen LogP contribution in [0, 0.1) is 17.5 Å². The molecule has 7 heteroatoms. The van der Waals surface area contributed by atoms with Gasteiger partial charge in [0.1, 0.15) is 12.0 Å². The molecule has 94 valence electrons. The van der Waals surface area contributed by atoms with Gasteiger partial charge in [0.25, 0.3) is 0 Å². The second-order valence-electron chi connectivity index (χ2n) is 3.30. The molecule has 0 bridgehead atoms. The molecule has 1 heterocycles. The van der Waals surface area contributed by atoms with Gasteiger partial charge in [0.05, 0.1) is 7.11 Å². The summed E-state index contributed by atoms with van der Waals surface area (Å²) in [6.45, 7) is 0. The van der Waals surface area contributed by atoms with Crippen LogP contribution in [-0.4, -0.2) is 17.1 Å². The number of benzene rings is 1. The first-order chi connectivity index (χ1) is 8.54. The van der Waals surface area contributed by atoms with Crippen LogP contribution in [0.3, 0.4) is 0 Å². The maximum Gasteiger partial charge on any atom is 0.194 e. The standard InChI is InChI=1S/C11H6ClF3N2O/c1-18-10-9(16-4-17-11(10)12)5-2-6(13)8(15)7(14)3-5/h2-4H,1H3. The molecule has 0 aliphatic carbocycles. The molecule has 18 heavy (non-hydrogen) atoms. The van der Waals surface area contributed by atoms with Gasteiger partial charge in [-0.3, -0.25) is 0 Å². The van der Waals surface area contributed by atoms with Crippen LogP contribution < -0.4 is 4.74 Å². The fourth-order valence-electron chi connectivity index (χ4n) is 1.43. The first-order valence-corrected chi connectivity index (χ1v) is 5.11. The van der Waals surface area contributed by atoms with Gasteiger partial charge in [-0.05, 0) is 12.1 Å². The monoisotopic (exact) mass is 274 g/mol. The number of rotatable bonds is 2. The first kappa shape index (κ1) is 12.6. The summed E-state index contributed by atoms with van der Waals surface area (Å²) >= 11 is 5.75. The van der Waals surface area contributed by atoms with Crippen LogP contribution in [0.5, 0.6) is 5.75 Å². The Morgan fingerprint density at radius 3 is 2.28 bits per heavy atom. The van der Waals surface area contributed by atoms with Crippen molar-refractivity contribution < 1.29 is 17.9 Å². The Morgan fingerprint density at radius 1 is 1.11 bits per heavy atom. The second-order valence-corrected chi connectivity index (χ2v) is 3.66. The van der Waals surface area contributed by atoms with E-state index in [0.29, 0.717) is 0 Å². The van der Waals surface area contributed by atoms with E-state index in [0.717, 1.165) is 18.5 Å². The molecule has 0 N–H and O–H groups in total. The van der Waals surface area contributed by atoms with Gasteiger partial charge in [0.15, 0.2) is 28.4 Å². The third-order valence-electron chi connectivity index (χ3n) is 2.22. The Hall–Kier alpha value is -1.82. The van der Waals surface area contributed by atoms with E-state index in [9.17, 15) is 13.2 Å². The minimum Gasteiger partial charge on any atom is -0.491 e. The smallest absolute Gasteiger partial charge is 0.194 e. The summed E-state index contributed by atoms with van der Waals surface area (Å²) in [5.41, 5.74) is 0.0860. The lowest BCUT2D eigenvalue weighted by Crippen LogP contribution is -1.97. The Bertz CT molecular complexity index is 584. The van der Waals surface area contributed by atoms with E-state index in [1.165, 1.54) is 7.11 Å². The summed E-state index contributed by atoms with van der Waals surface area (Å²) in [6.07, 6.45) is 1.11. The topological polar surface area (TPSA) is 35.0 Å². The van der Waals surface area contributed by atoms with Crippen molar-refractivity contribution in [3.8, 4) is 17.0 Å². The highest BCUT2D eigenvalue weighted by molar-refractivity contribution is 6.31. The number of halogens is 4. The van der Waals surface area contributed by atoms with Crippen molar-refractivity contribution in [1.29, 1.82) is 0 Å². The zero-order valence-electron chi connectivity index (χ0n) is 9.05. The Morgan fingerprint density at radius 2 is 1.72 bits per heavy atom. The normalized spacial score (nSPS) is 10.5. The van der Waals surface area contributed by atoms with Crippen molar-refractivity contribution in [1.82, 2.24) is 9.97 Å². The molecule has 2 rings (SSSR count). The molecule has 1 aromatic carbocycles. The van der Waals surface area contributed by atoms with Gasteiger partial charge in [0, 0.05) is 5.56 Å². The molecule has 1 aromatic heterocycles. The summed E-state index contributed by atoms with van der Waals surface area (Å²) in [7, 11) is 1.31. The first-order valence-electron chi connectivity index (χ1n) is 4.74. The highest BCUT2D eigenvalue weighted by atomic mass is 35.5. The summed E-state index contributed by atoms with van der Waals surface area (Å²) in [5, 5.41) is -0.00681. The van der Waals surface area contributed by atoms with Gasteiger partial charge in [-0.2, -0.15) is 0 Å². The molecular formula is C11H6ClF3N2O. The number of nitrogens with zero attached hydrogens (tertiary/aromatic N) is 2. The van der Waals surface area contributed by atoms with E-state index in [2.05, 4.69) is 9.97 Å². The van der Waals surface area contributed by atoms with Gasteiger partial charge in [0.2, 0.25) is 0 Å². The molecular weight excluding hydrogens is 269 g/mol. The van der Waals surface area contributed by atoms with Crippen LogP contribution in [-0.2, 0) is 0 Å². The third kappa shape index (κ3) is 2.11. The zero-order chi connectivity index (χ0) is 13.3. The van der Waals surface area contributed by atoms with E-state index in [4.69, 9.17) is 16.3 Å². The second kappa shape index (κ2) is 4.81. The molecule has 3 nitrogen and oxygen atoms in total. The summed E-state index contributed by atoms with van der Waals surface area (Å²) < 4.78 is 44.1. The maximum absolute atomic E-state index is 13.1. The van der Waals surface area contributed by atoms with Crippen LogP contribution >= 0.6 is 11.6 Å². The van der Waals surface area contributed by atoms with Crippen molar-refractivity contribution in [3.63, 3.8) is 0 Å². The minimum absolute atomic E-state index is 0.00681. The van der Waals surface area contributed by atoms with E-state index in [1.54, 1.807) is 0 Å². The van der Waals surface area contributed by atoms with Gasteiger partial charge in [-0.1, -0.05) is 11.6 Å². The maximum atomic E-state index is 13.1. The molecule has 0 radical (unpaired) electrons. The molecule has 0 aliphatic rings. The number of hydrogen-bond donors (Lipinski definition) is 0. The van der Waals surface area contributed by atoms with Crippen LogP contribution in [0.25, 0.3) is 11.3 Å². The molecule has 0 saturated heterocycles. The lowest BCUT2D eigenvalue weighted by atomic mass is 10.1. The van der Waals surface area contributed by atoms with E-state index in [-0.39, 0.29) is 22.2 Å². The number of hydrogen-bond acceptors (Lipinski definition) is 3. The molecule has 0 amide bonds. The van der Waals surface area contributed by atoms with Crippen molar-refractivity contribution in [2.45, 2.75) is 0 Å². The molecule has 0 spiro atoms. The van der Waals surface area contributed by atoms with E-state index >= 15 is 0 Å². The quantitative estimate of drug-likeness (QED) is 0.623. The summed E-state index contributed by atoms with van der Waals surface area (Å²) in [4.78, 5) is 7.48. The van der Waals surface area contributed by atoms with E-state index < -0.39 is 17.5 Å². The molecule has 0 saturated carbocycles. The fraction of sp³-hybridized carbons (Fsp3) is 0.0909. The molecule has 0 unspecified atom stereocenters. The van der Waals surface area contributed by atoms with Crippen LogP contribution in [0.2, 0.25) is 5.15 Å². The van der Waals surface area contributed by atoms with Crippen molar-refractivity contribution in [2.75, 3.05) is 7.11 Å². The fourth-order valence-corrected chi connectivity index (χ4v) is 1.64. The predicted molar refractivity (Wildman–Crippen MR) is 58.9 cm³/mol. The lowest BCUT2D eigenvalue weighted by Gasteiger charge is -2.08. The number of aromatic nitrogens is 2. The average Bonchev–Trinajstić information content (AvgIpc) is 2.35. The summed E-state index contributed by atoms with van der Waals surface area (Å²) in [6, 6.07) is 1.61. The zero-order valence-corrected chi connectivity index (χ0v) is 9.80. The minimum atomic E-state index is -1.54. The highest BCUT2D eigenvalue weighted by Gasteiger charge is 2.17. The van der Waals surface area contributed by atoms with Crippen LogP contribution in [0.1, 0.15) is 0 Å². The summed E-state index contributed by atoms with van der Waals surface area (Å²) in [5.74, 6) is -4.12. The van der Waals surface area contributed by atoms with Crippen LogP contribution in [0.4, 0.5) is 13.2 Å². The largest absolute Gasteiger partial charge is 0.491 e. The Labute approximate surface area is 105 Å². The van der Waals surface area contributed by atoms with Crippen molar-refractivity contribution in [2.24, 2.45) is 0 Å². The predicted octanol–water partition coefficient (Wildman–Crippen LogP) is 3.22. The molecule has 2 aromatic rings. The SMILES string of the molecule is COc1c(Cl)ncnc1-c1cc(F)c(F)c(F)c1. The molecule has 0 aliphatic heterocycles. The van der Waals surface area contributed by atoms with E-state index in [1.807, 2.05) is 0 Å².